The highest BCUT2D eigenvalue weighted by Crippen LogP contribution is 2.35. The molecule has 1 N–H and O–H groups in total. The molecule has 25 heavy (non-hydrogen) atoms. The molecule has 0 radical (unpaired) electrons. The van der Waals surface area contributed by atoms with Crippen molar-refractivity contribution >= 4 is 17.2 Å². The van der Waals surface area contributed by atoms with Crippen LogP contribution < -0.4 is 0 Å². The molecule has 4 rings (SSSR count). The molecule has 0 bridgehead atoms. The Balaban J connectivity index is 1.77. The zero-order valence-electron chi connectivity index (χ0n) is 14.2. The van der Waals surface area contributed by atoms with Crippen LogP contribution in [0.5, 0.6) is 0 Å². The number of aromatic nitrogens is 4. The van der Waals surface area contributed by atoms with Crippen LogP contribution in [0.25, 0.3) is 0 Å². The van der Waals surface area contributed by atoms with Gasteiger partial charge in [0.2, 0.25) is 0 Å². The Morgan fingerprint density at radius 3 is 3.08 bits per heavy atom. The van der Waals surface area contributed by atoms with E-state index in [0.29, 0.717) is 6.54 Å². The molecule has 1 amide bonds. The van der Waals surface area contributed by atoms with Crippen molar-refractivity contribution in [2.45, 2.75) is 32.7 Å². The van der Waals surface area contributed by atoms with E-state index >= 15 is 0 Å². The molecule has 0 saturated carbocycles. The van der Waals surface area contributed by atoms with Crippen molar-refractivity contribution in [2.24, 2.45) is 0 Å². The second-order valence-electron chi connectivity index (χ2n) is 6.08. The van der Waals surface area contributed by atoms with Gasteiger partial charge in [-0.25, -0.2) is 9.97 Å². The molecule has 0 aliphatic carbocycles. The molecule has 3 aromatic rings. The summed E-state index contributed by atoms with van der Waals surface area (Å²) >= 11 is 1.50. The number of carbonyl (C=O) groups is 1. The Morgan fingerprint density at radius 2 is 2.36 bits per heavy atom. The van der Waals surface area contributed by atoms with Crippen LogP contribution in [-0.2, 0) is 12.8 Å². The van der Waals surface area contributed by atoms with Gasteiger partial charge in [-0.15, -0.1) is 11.3 Å². The Kier molecular flexibility index (Phi) is 4.09. The highest BCUT2D eigenvalue weighted by Gasteiger charge is 2.35. The minimum absolute atomic E-state index is 0.0252. The summed E-state index contributed by atoms with van der Waals surface area (Å²) in [7, 11) is 0. The Labute approximate surface area is 150 Å². The Bertz CT molecular complexity index is 901. The first-order valence-electron chi connectivity index (χ1n) is 8.38. The summed E-state index contributed by atoms with van der Waals surface area (Å²) in [6, 6.07) is 3.67. The van der Waals surface area contributed by atoms with E-state index in [-0.39, 0.29) is 11.9 Å². The van der Waals surface area contributed by atoms with Crippen molar-refractivity contribution in [2.75, 3.05) is 6.54 Å². The molecular weight excluding hydrogens is 334 g/mol. The van der Waals surface area contributed by atoms with Gasteiger partial charge in [-0.3, -0.25) is 9.78 Å². The van der Waals surface area contributed by atoms with Crippen LogP contribution in [0, 0.1) is 6.92 Å². The maximum absolute atomic E-state index is 13.3. The molecule has 1 aliphatic heterocycles. The van der Waals surface area contributed by atoms with E-state index in [1.807, 2.05) is 30.2 Å². The monoisotopic (exact) mass is 353 g/mol. The third kappa shape index (κ3) is 2.74. The second kappa shape index (κ2) is 6.40. The van der Waals surface area contributed by atoms with E-state index in [0.717, 1.165) is 45.4 Å². The number of nitrogens with one attached hydrogen (secondary N) is 1. The fraction of sp³-hybridized carbons (Fsp3) is 0.333. The molecule has 1 aliphatic rings. The number of hydrogen-bond donors (Lipinski definition) is 1. The third-order valence-electron chi connectivity index (χ3n) is 4.52. The number of thiazole rings is 1. The van der Waals surface area contributed by atoms with Crippen molar-refractivity contribution in [3.05, 3.63) is 63.4 Å². The van der Waals surface area contributed by atoms with Gasteiger partial charge in [0, 0.05) is 31.1 Å². The number of nitrogens with zero attached hydrogens (tertiary/aromatic N) is 4. The molecule has 3 aromatic heterocycles. The summed E-state index contributed by atoms with van der Waals surface area (Å²) in [6.07, 6.45) is 6.87. The van der Waals surface area contributed by atoms with Crippen LogP contribution in [0.4, 0.5) is 0 Å². The van der Waals surface area contributed by atoms with Crippen LogP contribution in [-0.4, -0.2) is 37.3 Å². The summed E-state index contributed by atoms with van der Waals surface area (Å²) in [5, 5.41) is 0.997. The highest BCUT2D eigenvalue weighted by atomic mass is 32.1. The summed E-state index contributed by atoms with van der Waals surface area (Å²) in [5.74, 6) is 0.0252. The number of amides is 1. The topological polar surface area (TPSA) is 74.8 Å². The number of fused-ring (bicyclic) bond motifs is 1. The number of imidazole rings is 1. The van der Waals surface area contributed by atoms with Crippen molar-refractivity contribution in [1.29, 1.82) is 0 Å². The molecule has 1 atom stereocenters. The minimum Gasteiger partial charge on any atom is -0.348 e. The molecule has 7 heteroatoms. The lowest BCUT2D eigenvalue weighted by Gasteiger charge is -2.34. The Morgan fingerprint density at radius 1 is 1.48 bits per heavy atom. The fourth-order valence-corrected chi connectivity index (χ4v) is 4.26. The van der Waals surface area contributed by atoms with Crippen molar-refractivity contribution in [3.63, 3.8) is 0 Å². The minimum atomic E-state index is -0.220. The normalized spacial score (nSPS) is 16.7. The predicted molar refractivity (Wildman–Crippen MR) is 95.6 cm³/mol. The van der Waals surface area contributed by atoms with Gasteiger partial charge in [0.1, 0.15) is 10.9 Å². The number of carbonyl (C=O) groups excluding carboxylic acids is 1. The van der Waals surface area contributed by atoms with E-state index in [9.17, 15) is 4.79 Å². The van der Waals surface area contributed by atoms with Crippen molar-refractivity contribution in [3.8, 4) is 0 Å². The standard InChI is InChI=1S/C18H19N5OS/c1-3-14-22-11(2)17(25-14)18(24)23-8-6-13-15(21-10-20-13)16(23)12-5-4-7-19-9-12/h4-5,7,9-10,16H,3,6,8H2,1-2H3,(H,20,21). The molecule has 4 heterocycles. The molecule has 0 spiro atoms. The number of hydrogen-bond acceptors (Lipinski definition) is 5. The lowest BCUT2D eigenvalue weighted by Crippen LogP contribution is -2.40. The van der Waals surface area contributed by atoms with Gasteiger partial charge in [-0.1, -0.05) is 13.0 Å². The zero-order valence-corrected chi connectivity index (χ0v) is 15.0. The van der Waals surface area contributed by atoms with Crippen molar-refractivity contribution < 1.29 is 4.79 Å². The van der Waals surface area contributed by atoms with Gasteiger partial charge in [0.05, 0.1) is 22.7 Å². The van der Waals surface area contributed by atoms with Crippen LogP contribution in [0.3, 0.4) is 0 Å². The third-order valence-corrected chi connectivity index (χ3v) is 5.81. The zero-order chi connectivity index (χ0) is 17.4. The first kappa shape index (κ1) is 16.0. The van der Waals surface area contributed by atoms with E-state index < -0.39 is 0 Å². The van der Waals surface area contributed by atoms with Gasteiger partial charge in [0.15, 0.2) is 0 Å². The summed E-state index contributed by atoms with van der Waals surface area (Å²) in [4.78, 5) is 32.4. The largest absolute Gasteiger partial charge is 0.348 e. The van der Waals surface area contributed by atoms with Crippen molar-refractivity contribution in [1.82, 2.24) is 24.8 Å². The number of aryl methyl sites for hydroxylation is 2. The molecular formula is C18H19N5OS. The molecule has 0 fully saturated rings. The molecule has 0 saturated heterocycles. The van der Waals surface area contributed by atoms with Gasteiger partial charge >= 0.3 is 0 Å². The summed E-state index contributed by atoms with van der Waals surface area (Å²) in [5.41, 5.74) is 3.78. The highest BCUT2D eigenvalue weighted by molar-refractivity contribution is 7.13. The average Bonchev–Trinajstić information content (AvgIpc) is 3.27. The summed E-state index contributed by atoms with van der Waals surface area (Å²) < 4.78 is 0. The lowest BCUT2D eigenvalue weighted by atomic mass is 9.96. The molecule has 0 aromatic carbocycles. The molecule has 6 nitrogen and oxygen atoms in total. The van der Waals surface area contributed by atoms with Crippen LogP contribution in [0.1, 0.15) is 50.3 Å². The van der Waals surface area contributed by atoms with Crippen LogP contribution in [0.2, 0.25) is 0 Å². The molecule has 128 valence electrons. The van der Waals surface area contributed by atoms with Crippen LogP contribution in [0.15, 0.2) is 30.9 Å². The van der Waals surface area contributed by atoms with E-state index in [1.54, 1.807) is 12.5 Å². The number of rotatable bonds is 3. The number of pyridine rings is 1. The van der Waals surface area contributed by atoms with Crippen LogP contribution >= 0.6 is 11.3 Å². The first-order chi connectivity index (χ1) is 12.2. The van der Waals surface area contributed by atoms with Gasteiger partial charge in [-0.05, 0) is 25.0 Å². The van der Waals surface area contributed by atoms with Gasteiger partial charge in [-0.2, -0.15) is 0 Å². The lowest BCUT2D eigenvalue weighted by molar-refractivity contribution is 0.0694. The predicted octanol–water partition coefficient (Wildman–Crippen LogP) is 2.92. The van der Waals surface area contributed by atoms with E-state index in [1.165, 1.54) is 11.3 Å². The first-order valence-corrected chi connectivity index (χ1v) is 9.20. The SMILES string of the molecule is CCc1nc(C)c(C(=O)N2CCc3[nH]cnc3C2c2cccnc2)s1. The smallest absolute Gasteiger partial charge is 0.266 e. The number of aromatic amines is 1. The van der Waals surface area contributed by atoms with Gasteiger partial charge < -0.3 is 9.88 Å². The van der Waals surface area contributed by atoms with E-state index in [2.05, 4.69) is 26.9 Å². The van der Waals surface area contributed by atoms with Gasteiger partial charge in [0.25, 0.3) is 5.91 Å². The second-order valence-corrected chi connectivity index (χ2v) is 7.16. The maximum atomic E-state index is 13.3. The maximum Gasteiger partial charge on any atom is 0.266 e. The molecule has 1 unspecified atom stereocenters. The average molecular weight is 353 g/mol. The number of H-pyrrole nitrogens is 1. The van der Waals surface area contributed by atoms with E-state index in [4.69, 9.17) is 0 Å². The summed E-state index contributed by atoms with van der Waals surface area (Å²) in [6.45, 7) is 4.61. The quantitative estimate of drug-likeness (QED) is 0.786. The Hall–Kier alpha value is -2.54. The fourth-order valence-electron chi connectivity index (χ4n) is 3.30.